The molecule has 0 spiro atoms. The number of hydrogen-bond acceptors (Lipinski definition) is 4. The summed E-state index contributed by atoms with van der Waals surface area (Å²) >= 11 is 1.68. The lowest BCUT2D eigenvalue weighted by Crippen LogP contribution is -2.22. The van der Waals surface area contributed by atoms with Gasteiger partial charge >= 0.3 is 0 Å². The largest absolute Gasteiger partial charge is 0.348 e. The topological polar surface area (TPSA) is 54.9 Å². The number of pyridine rings is 1. The number of carbonyl (C=O) groups is 1. The van der Waals surface area contributed by atoms with Crippen LogP contribution in [0.3, 0.4) is 0 Å². The zero-order valence-electron chi connectivity index (χ0n) is 13.3. The maximum atomic E-state index is 12.0. The van der Waals surface area contributed by atoms with E-state index in [0.717, 1.165) is 21.7 Å². The van der Waals surface area contributed by atoms with Gasteiger partial charge < -0.3 is 5.32 Å². The van der Waals surface area contributed by atoms with Crippen LogP contribution in [0.5, 0.6) is 0 Å². The predicted octanol–water partition coefficient (Wildman–Crippen LogP) is 4.29. The summed E-state index contributed by atoms with van der Waals surface area (Å²) in [4.78, 5) is 20.7. The molecule has 0 aliphatic carbocycles. The number of benzene rings is 2. The van der Waals surface area contributed by atoms with E-state index in [4.69, 9.17) is 0 Å². The van der Waals surface area contributed by atoms with Gasteiger partial charge in [0.05, 0.1) is 15.8 Å². The van der Waals surface area contributed by atoms with Crippen molar-refractivity contribution in [2.24, 2.45) is 0 Å². The molecule has 0 saturated heterocycles. The van der Waals surface area contributed by atoms with E-state index in [1.54, 1.807) is 35.9 Å². The summed E-state index contributed by atoms with van der Waals surface area (Å²) < 4.78 is 1.19. The quantitative estimate of drug-likeness (QED) is 0.600. The summed E-state index contributed by atoms with van der Waals surface area (Å²) in [6.07, 6.45) is 3.21. The number of aromatic nitrogens is 2. The molecule has 0 unspecified atom stereocenters. The Morgan fingerprint density at radius 2 is 1.84 bits per heavy atom. The zero-order valence-corrected chi connectivity index (χ0v) is 14.2. The molecule has 2 aromatic heterocycles. The Morgan fingerprint density at radius 1 is 1.00 bits per heavy atom. The van der Waals surface area contributed by atoms with Crippen LogP contribution in [0.25, 0.3) is 20.8 Å². The molecule has 0 aliphatic heterocycles. The van der Waals surface area contributed by atoms with Gasteiger partial charge in [-0.25, -0.2) is 4.98 Å². The van der Waals surface area contributed by atoms with E-state index in [1.165, 1.54) is 4.70 Å². The number of para-hydroxylation sites is 1. The van der Waals surface area contributed by atoms with Crippen LogP contribution in [0.15, 0.2) is 73.1 Å². The zero-order chi connectivity index (χ0) is 17.1. The molecule has 0 aliphatic rings. The van der Waals surface area contributed by atoms with Crippen LogP contribution < -0.4 is 5.32 Å². The minimum absolute atomic E-state index is 0.122. The number of amides is 1. The van der Waals surface area contributed by atoms with Crippen molar-refractivity contribution in [1.82, 2.24) is 15.3 Å². The average molecular weight is 345 g/mol. The molecule has 1 amide bonds. The number of nitrogens with one attached hydrogen (secondary N) is 1. The van der Waals surface area contributed by atoms with Crippen molar-refractivity contribution >= 4 is 27.5 Å². The van der Waals surface area contributed by atoms with Gasteiger partial charge in [0.15, 0.2) is 0 Å². The van der Waals surface area contributed by atoms with Crippen LogP contribution in [0.4, 0.5) is 0 Å². The summed E-state index contributed by atoms with van der Waals surface area (Å²) in [5.41, 5.74) is 3.72. The first-order chi connectivity index (χ1) is 12.3. The lowest BCUT2D eigenvalue weighted by atomic mass is 10.1. The fourth-order valence-corrected chi connectivity index (χ4v) is 3.51. The normalized spacial score (nSPS) is 10.7. The monoisotopic (exact) mass is 345 g/mol. The molecule has 0 fully saturated rings. The predicted molar refractivity (Wildman–Crippen MR) is 100 cm³/mol. The second-order valence-corrected chi connectivity index (χ2v) is 6.64. The Balaban J connectivity index is 1.46. The molecule has 5 heteroatoms. The summed E-state index contributed by atoms with van der Waals surface area (Å²) in [7, 11) is 0. The summed E-state index contributed by atoms with van der Waals surface area (Å²) in [5.74, 6) is -0.122. The second kappa shape index (κ2) is 6.83. The van der Waals surface area contributed by atoms with Crippen molar-refractivity contribution in [3.05, 3.63) is 84.2 Å². The highest BCUT2D eigenvalue weighted by atomic mass is 32.1. The van der Waals surface area contributed by atoms with Crippen LogP contribution in [0.2, 0.25) is 0 Å². The molecule has 122 valence electrons. The van der Waals surface area contributed by atoms with Crippen molar-refractivity contribution < 1.29 is 4.79 Å². The van der Waals surface area contributed by atoms with Gasteiger partial charge in [0.25, 0.3) is 5.91 Å². The molecule has 4 aromatic rings. The first kappa shape index (κ1) is 15.5. The molecule has 2 heterocycles. The first-order valence-corrected chi connectivity index (χ1v) is 8.74. The molecular weight excluding hydrogens is 330 g/mol. The van der Waals surface area contributed by atoms with Gasteiger partial charge in [-0.2, -0.15) is 0 Å². The number of nitrogens with zero attached hydrogens (tertiary/aromatic N) is 2. The van der Waals surface area contributed by atoms with Crippen LogP contribution in [-0.4, -0.2) is 15.9 Å². The molecule has 4 nitrogen and oxygen atoms in total. The minimum atomic E-state index is -0.122. The van der Waals surface area contributed by atoms with E-state index in [1.807, 2.05) is 42.5 Å². The standard InChI is InChI=1S/C20H15N3OS/c24-19(16-4-3-11-21-13-16)22-12-14-7-9-15(10-8-14)20-23-17-5-1-2-6-18(17)25-20/h1-11,13H,12H2,(H,22,24). The van der Waals surface area contributed by atoms with E-state index in [0.29, 0.717) is 12.1 Å². The Morgan fingerprint density at radius 3 is 2.60 bits per heavy atom. The number of thiazole rings is 1. The molecular formula is C20H15N3OS. The summed E-state index contributed by atoms with van der Waals surface area (Å²) in [6, 6.07) is 19.8. The first-order valence-electron chi connectivity index (χ1n) is 7.93. The van der Waals surface area contributed by atoms with E-state index in [9.17, 15) is 4.79 Å². The van der Waals surface area contributed by atoms with E-state index >= 15 is 0 Å². The maximum Gasteiger partial charge on any atom is 0.253 e. The molecule has 4 rings (SSSR count). The van der Waals surface area contributed by atoms with Crippen LogP contribution in [0, 0.1) is 0 Å². The Labute approximate surface area is 149 Å². The fourth-order valence-electron chi connectivity index (χ4n) is 2.54. The lowest BCUT2D eigenvalue weighted by Gasteiger charge is -2.05. The highest BCUT2D eigenvalue weighted by Gasteiger charge is 2.07. The van der Waals surface area contributed by atoms with Gasteiger partial charge in [0, 0.05) is 24.5 Å². The highest BCUT2D eigenvalue weighted by Crippen LogP contribution is 2.29. The molecule has 0 radical (unpaired) electrons. The maximum absolute atomic E-state index is 12.0. The Bertz CT molecular complexity index is 977. The lowest BCUT2D eigenvalue weighted by molar-refractivity contribution is 0.0950. The van der Waals surface area contributed by atoms with Crippen LogP contribution in [0.1, 0.15) is 15.9 Å². The van der Waals surface area contributed by atoms with Crippen LogP contribution in [-0.2, 0) is 6.54 Å². The van der Waals surface area contributed by atoms with Crippen LogP contribution >= 0.6 is 11.3 Å². The molecule has 0 atom stereocenters. The third-order valence-electron chi connectivity index (χ3n) is 3.87. The van der Waals surface area contributed by atoms with Gasteiger partial charge in [0.1, 0.15) is 5.01 Å². The molecule has 0 bridgehead atoms. The number of carbonyl (C=O) groups excluding carboxylic acids is 1. The summed E-state index contributed by atoms with van der Waals surface area (Å²) in [5, 5.41) is 3.91. The third kappa shape index (κ3) is 3.41. The van der Waals surface area contributed by atoms with Gasteiger partial charge in [-0.1, -0.05) is 36.4 Å². The van der Waals surface area contributed by atoms with Crippen molar-refractivity contribution in [3.8, 4) is 10.6 Å². The Kier molecular flexibility index (Phi) is 4.23. The molecule has 2 aromatic carbocycles. The smallest absolute Gasteiger partial charge is 0.253 e. The van der Waals surface area contributed by atoms with Gasteiger partial charge in [-0.3, -0.25) is 9.78 Å². The average Bonchev–Trinajstić information content (AvgIpc) is 3.11. The van der Waals surface area contributed by atoms with Crippen molar-refractivity contribution in [1.29, 1.82) is 0 Å². The fraction of sp³-hybridized carbons (Fsp3) is 0.0500. The van der Waals surface area contributed by atoms with Gasteiger partial charge in [-0.15, -0.1) is 11.3 Å². The number of rotatable bonds is 4. The van der Waals surface area contributed by atoms with Crippen molar-refractivity contribution in [2.75, 3.05) is 0 Å². The number of fused-ring (bicyclic) bond motifs is 1. The van der Waals surface area contributed by atoms with Gasteiger partial charge in [-0.05, 0) is 29.8 Å². The molecule has 25 heavy (non-hydrogen) atoms. The third-order valence-corrected chi connectivity index (χ3v) is 4.96. The minimum Gasteiger partial charge on any atom is -0.348 e. The van der Waals surface area contributed by atoms with E-state index < -0.39 is 0 Å². The second-order valence-electron chi connectivity index (χ2n) is 5.61. The van der Waals surface area contributed by atoms with Crippen molar-refractivity contribution in [2.45, 2.75) is 6.54 Å². The van der Waals surface area contributed by atoms with Crippen molar-refractivity contribution in [3.63, 3.8) is 0 Å². The van der Waals surface area contributed by atoms with E-state index in [-0.39, 0.29) is 5.91 Å². The summed E-state index contributed by atoms with van der Waals surface area (Å²) in [6.45, 7) is 0.480. The SMILES string of the molecule is O=C(NCc1ccc(-c2nc3ccccc3s2)cc1)c1cccnc1. The number of hydrogen-bond donors (Lipinski definition) is 1. The highest BCUT2D eigenvalue weighted by molar-refractivity contribution is 7.21. The van der Waals surface area contributed by atoms with E-state index in [2.05, 4.69) is 21.4 Å². The molecule has 1 N–H and O–H groups in total. The Hall–Kier alpha value is -3.05. The molecule has 0 saturated carbocycles. The van der Waals surface area contributed by atoms with Gasteiger partial charge in [0.2, 0.25) is 0 Å².